The third-order valence-electron chi connectivity index (χ3n) is 6.55. The van der Waals surface area contributed by atoms with Gasteiger partial charge in [0.05, 0.1) is 17.9 Å². The van der Waals surface area contributed by atoms with E-state index >= 15 is 4.39 Å². The number of hydrogen-bond donors (Lipinski definition) is 0. The van der Waals surface area contributed by atoms with E-state index in [0.29, 0.717) is 59.7 Å². The molecule has 0 radical (unpaired) electrons. The maximum absolute atomic E-state index is 15.0. The van der Waals surface area contributed by atoms with E-state index in [1.165, 1.54) is 12.1 Å². The number of aliphatic imine (C=N–C) groups is 1. The molecule has 0 spiro atoms. The summed E-state index contributed by atoms with van der Waals surface area (Å²) in [5, 5.41) is 4.78. The van der Waals surface area contributed by atoms with Gasteiger partial charge in [-0.2, -0.15) is 5.10 Å². The smallest absolute Gasteiger partial charge is 0.274 e. The number of carbonyl (C=O) groups is 1. The first kappa shape index (κ1) is 23.6. The van der Waals surface area contributed by atoms with Crippen LogP contribution in [0.25, 0.3) is 28.0 Å². The van der Waals surface area contributed by atoms with Gasteiger partial charge in [-0.25, -0.2) is 13.8 Å². The molecule has 1 aliphatic rings. The molecule has 0 N–H and O–H groups in total. The minimum Gasteiger partial charge on any atom is -0.331 e. The molecule has 7 nitrogen and oxygen atoms in total. The summed E-state index contributed by atoms with van der Waals surface area (Å²) in [7, 11) is 3.44. The van der Waals surface area contributed by atoms with Crippen LogP contribution >= 0.6 is 0 Å². The van der Waals surface area contributed by atoms with Gasteiger partial charge >= 0.3 is 0 Å². The SMILES string of the molecule is C=CCc1ccc(-c2nc(C(=O)N3CCC(=NC)C3)c(C)n2-c2cc(F)c3nn(C)cc3c2)cc1F. The van der Waals surface area contributed by atoms with Crippen LogP contribution in [0.1, 0.15) is 28.2 Å². The Morgan fingerprint density at radius 1 is 1.22 bits per heavy atom. The van der Waals surface area contributed by atoms with Crippen LogP contribution in [-0.2, 0) is 13.5 Å². The van der Waals surface area contributed by atoms with Crippen molar-refractivity contribution < 1.29 is 13.6 Å². The summed E-state index contributed by atoms with van der Waals surface area (Å²) < 4.78 is 33.2. The molecule has 184 valence electrons. The highest BCUT2D eigenvalue weighted by atomic mass is 19.1. The first-order valence-corrected chi connectivity index (χ1v) is 11.7. The molecule has 2 aromatic heterocycles. The summed E-state index contributed by atoms with van der Waals surface area (Å²) in [5.41, 5.74) is 3.43. The predicted molar refractivity (Wildman–Crippen MR) is 136 cm³/mol. The largest absolute Gasteiger partial charge is 0.331 e. The maximum atomic E-state index is 15.0. The first-order valence-electron chi connectivity index (χ1n) is 11.7. The van der Waals surface area contributed by atoms with E-state index in [0.717, 1.165) is 5.71 Å². The average Bonchev–Trinajstić information content (AvgIpc) is 3.56. The summed E-state index contributed by atoms with van der Waals surface area (Å²) in [6, 6.07) is 7.98. The van der Waals surface area contributed by atoms with Gasteiger partial charge in [0.1, 0.15) is 22.9 Å². The van der Waals surface area contributed by atoms with Crippen molar-refractivity contribution in [3.63, 3.8) is 0 Å². The summed E-state index contributed by atoms with van der Waals surface area (Å²) in [6.07, 6.45) is 4.46. The summed E-state index contributed by atoms with van der Waals surface area (Å²) in [6.45, 7) is 6.43. The molecule has 9 heteroatoms. The van der Waals surface area contributed by atoms with Gasteiger partial charge in [-0.15, -0.1) is 6.58 Å². The van der Waals surface area contributed by atoms with Gasteiger partial charge in [-0.1, -0.05) is 18.2 Å². The number of benzene rings is 2. The lowest BCUT2D eigenvalue weighted by atomic mass is 10.1. The molecule has 3 heterocycles. The number of aryl methyl sites for hydroxylation is 1. The first-order chi connectivity index (χ1) is 17.3. The fraction of sp³-hybridized carbons (Fsp3) is 0.259. The van der Waals surface area contributed by atoms with E-state index in [-0.39, 0.29) is 17.1 Å². The molecule has 36 heavy (non-hydrogen) atoms. The Balaban J connectivity index is 1.69. The zero-order valence-corrected chi connectivity index (χ0v) is 20.4. The van der Waals surface area contributed by atoms with Gasteiger partial charge < -0.3 is 4.90 Å². The number of aromatic nitrogens is 4. The third kappa shape index (κ3) is 4.00. The van der Waals surface area contributed by atoms with Crippen LogP contribution in [0.15, 0.2) is 54.2 Å². The fourth-order valence-corrected chi connectivity index (χ4v) is 4.70. The number of allylic oxidation sites excluding steroid dienone is 1. The average molecular weight is 489 g/mol. The Labute approximate surface area is 207 Å². The molecule has 1 amide bonds. The molecule has 2 aromatic carbocycles. The van der Waals surface area contributed by atoms with Gasteiger partial charge in [-0.05, 0) is 31.0 Å². The van der Waals surface area contributed by atoms with E-state index < -0.39 is 11.6 Å². The molecule has 1 fully saturated rings. The highest BCUT2D eigenvalue weighted by Gasteiger charge is 2.29. The number of nitrogens with zero attached hydrogens (tertiary/aromatic N) is 6. The van der Waals surface area contributed by atoms with Crippen molar-refractivity contribution in [3.8, 4) is 17.1 Å². The van der Waals surface area contributed by atoms with E-state index in [2.05, 4.69) is 21.7 Å². The van der Waals surface area contributed by atoms with Crippen molar-refractivity contribution in [2.24, 2.45) is 12.0 Å². The number of amides is 1. The van der Waals surface area contributed by atoms with E-state index in [9.17, 15) is 9.18 Å². The second-order valence-corrected chi connectivity index (χ2v) is 8.94. The fourth-order valence-electron chi connectivity index (χ4n) is 4.70. The zero-order valence-electron chi connectivity index (χ0n) is 20.4. The molecule has 0 bridgehead atoms. The van der Waals surface area contributed by atoms with Crippen molar-refractivity contribution in [2.75, 3.05) is 20.1 Å². The van der Waals surface area contributed by atoms with Crippen LogP contribution in [0.2, 0.25) is 0 Å². The number of rotatable bonds is 5. The lowest BCUT2D eigenvalue weighted by Gasteiger charge is -2.14. The van der Waals surface area contributed by atoms with Crippen LogP contribution in [-0.4, -0.2) is 56.0 Å². The van der Waals surface area contributed by atoms with Gasteiger partial charge in [-0.3, -0.25) is 19.0 Å². The quantitative estimate of drug-likeness (QED) is 0.384. The highest BCUT2D eigenvalue weighted by molar-refractivity contribution is 6.00. The third-order valence-corrected chi connectivity index (χ3v) is 6.55. The van der Waals surface area contributed by atoms with Crippen molar-refractivity contribution in [1.82, 2.24) is 24.2 Å². The van der Waals surface area contributed by atoms with Crippen LogP contribution in [0.5, 0.6) is 0 Å². The Kier molecular flexibility index (Phi) is 5.99. The Bertz CT molecular complexity index is 1550. The second-order valence-electron chi connectivity index (χ2n) is 8.94. The van der Waals surface area contributed by atoms with Gasteiger partial charge in [0, 0.05) is 56.0 Å². The minimum atomic E-state index is -0.495. The molecular formula is C27H26F2N6O. The maximum Gasteiger partial charge on any atom is 0.274 e. The van der Waals surface area contributed by atoms with Gasteiger partial charge in [0.15, 0.2) is 5.82 Å². The molecule has 1 saturated heterocycles. The summed E-state index contributed by atoms with van der Waals surface area (Å²) >= 11 is 0. The number of likely N-dealkylation sites (tertiary alicyclic amines) is 1. The normalized spacial score (nSPS) is 14.8. The summed E-state index contributed by atoms with van der Waals surface area (Å²) in [5.74, 6) is -0.778. The zero-order chi connectivity index (χ0) is 25.6. The van der Waals surface area contributed by atoms with E-state index in [1.807, 2.05) is 0 Å². The van der Waals surface area contributed by atoms with Crippen molar-refractivity contribution in [1.29, 1.82) is 0 Å². The molecule has 0 aliphatic carbocycles. The van der Waals surface area contributed by atoms with E-state index in [4.69, 9.17) is 0 Å². The number of hydrogen-bond acceptors (Lipinski definition) is 4. The van der Waals surface area contributed by atoms with Crippen molar-refractivity contribution in [2.45, 2.75) is 19.8 Å². The van der Waals surface area contributed by atoms with E-state index in [1.54, 1.807) is 65.6 Å². The lowest BCUT2D eigenvalue weighted by Crippen LogP contribution is -2.29. The van der Waals surface area contributed by atoms with Crippen molar-refractivity contribution in [3.05, 3.63) is 77.8 Å². The Morgan fingerprint density at radius 2 is 2.03 bits per heavy atom. The monoisotopic (exact) mass is 488 g/mol. The van der Waals surface area contributed by atoms with Crippen LogP contribution in [0.4, 0.5) is 8.78 Å². The number of imidazole rings is 1. The lowest BCUT2D eigenvalue weighted by molar-refractivity contribution is 0.0792. The second kappa shape index (κ2) is 9.14. The molecule has 0 atom stereocenters. The molecular weight excluding hydrogens is 462 g/mol. The molecule has 1 aliphatic heterocycles. The molecule has 4 aromatic rings. The van der Waals surface area contributed by atoms with Crippen molar-refractivity contribution >= 4 is 22.5 Å². The molecule has 0 saturated carbocycles. The van der Waals surface area contributed by atoms with Crippen LogP contribution in [0, 0.1) is 18.6 Å². The minimum absolute atomic E-state index is 0.238. The highest BCUT2D eigenvalue weighted by Crippen LogP contribution is 2.31. The van der Waals surface area contributed by atoms with Gasteiger partial charge in [0.2, 0.25) is 0 Å². The molecule has 5 rings (SSSR count). The predicted octanol–water partition coefficient (Wildman–Crippen LogP) is 4.66. The summed E-state index contributed by atoms with van der Waals surface area (Å²) in [4.78, 5) is 24.1. The Hall–Kier alpha value is -4.14. The van der Waals surface area contributed by atoms with Crippen LogP contribution in [0.3, 0.4) is 0 Å². The topological polar surface area (TPSA) is 68.3 Å². The van der Waals surface area contributed by atoms with Gasteiger partial charge in [0.25, 0.3) is 5.91 Å². The number of halogens is 2. The standard InChI is InChI=1S/C27H26F2N6O/c1-5-6-17-7-8-18(12-22(17)28)26-31-24(27(36)34-10-9-20(15-34)30-3)16(2)35(26)21-11-19-14-33(4)32-25(19)23(29)13-21/h5,7-8,11-14H,1,6,9-10,15H2,2-4H3. The Morgan fingerprint density at radius 3 is 2.72 bits per heavy atom. The van der Waals surface area contributed by atoms with Crippen LogP contribution < -0.4 is 0 Å². The number of carbonyl (C=O) groups excluding carboxylic acids is 1. The molecule has 0 unspecified atom stereocenters. The number of fused-ring (bicyclic) bond motifs is 1.